The van der Waals surface area contributed by atoms with Gasteiger partial charge in [-0.15, -0.1) is 0 Å². The Morgan fingerprint density at radius 3 is 0.312 bits per heavy atom. The molecule has 0 aromatic carbocycles. The van der Waals surface area contributed by atoms with Gasteiger partial charge in [0, 0.05) is 0 Å². The fourth-order valence-electron chi connectivity index (χ4n) is 2.65. The summed E-state index contributed by atoms with van der Waals surface area (Å²) in [5.74, 6) is 0. The van der Waals surface area contributed by atoms with Crippen molar-refractivity contribution in [2.45, 2.75) is 96.3 Å². The second-order valence-electron chi connectivity index (χ2n) is 5.30. The zero-order valence-corrected chi connectivity index (χ0v) is 12.7. The molecule has 100 valence electrons. The minimum atomic E-state index is 0. The van der Waals surface area contributed by atoms with E-state index in [1.165, 1.54) is 96.3 Å². The van der Waals surface area contributed by atoms with E-state index in [1.807, 2.05) is 0 Å². The smallest absolute Gasteiger partial charge is 0.0533 e. The summed E-state index contributed by atoms with van der Waals surface area (Å²) in [5.41, 5.74) is 0. The molecular weight excluding hydrogens is 349 g/mol. The predicted octanol–water partition coefficient (Wildman–Crippen LogP) is 5.85. The summed E-state index contributed by atoms with van der Waals surface area (Å²) in [6.07, 6.45) is 22.5. The molecular formula is C15H30Tm+3. The third kappa shape index (κ3) is 11.7. The molecule has 3 saturated carbocycles. The standard InChI is InChI=1S/3C5H10.Tm/c3*1-2-4-5-3-1;/h3*1-5H2;/q;;;+3. The van der Waals surface area contributed by atoms with Crippen molar-refractivity contribution in [3.63, 3.8) is 0 Å². The van der Waals surface area contributed by atoms with E-state index >= 15 is 0 Å². The molecule has 0 nitrogen and oxygen atoms in total. The molecule has 3 fully saturated rings. The van der Waals surface area contributed by atoms with E-state index in [1.54, 1.807) is 0 Å². The second-order valence-corrected chi connectivity index (χ2v) is 5.30. The Hall–Kier alpha value is 1.23. The van der Waals surface area contributed by atoms with Gasteiger partial charge in [-0.25, -0.2) is 0 Å². The van der Waals surface area contributed by atoms with Gasteiger partial charge in [0.15, 0.2) is 0 Å². The fraction of sp³-hybridized carbons (Fsp3) is 1.00. The van der Waals surface area contributed by atoms with Crippen LogP contribution in [0.15, 0.2) is 0 Å². The molecule has 0 spiro atoms. The van der Waals surface area contributed by atoms with Crippen LogP contribution in [0.25, 0.3) is 0 Å². The minimum absolute atomic E-state index is 0. The van der Waals surface area contributed by atoms with Crippen molar-refractivity contribution in [3.8, 4) is 0 Å². The van der Waals surface area contributed by atoms with Gasteiger partial charge in [-0.1, -0.05) is 96.3 Å². The van der Waals surface area contributed by atoms with Gasteiger partial charge in [0.2, 0.25) is 0 Å². The van der Waals surface area contributed by atoms with Crippen LogP contribution in [-0.2, 0) is 0 Å². The van der Waals surface area contributed by atoms with Crippen LogP contribution in [-0.4, -0.2) is 0 Å². The molecule has 0 N–H and O–H groups in total. The van der Waals surface area contributed by atoms with Crippen molar-refractivity contribution in [2.24, 2.45) is 0 Å². The fourth-order valence-corrected chi connectivity index (χ4v) is 2.65. The molecule has 0 saturated heterocycles. The van der Waals surface area contributed by atoms with Crippen molar-refractivity contribution in [1.82, 2.24) is 0 Å². The van der Waals surface area contributed by atoms with Crippen molar-refractivity contribution in [3.05, 3.63) is 0 Å². The Morgan fingerprint density at radius 2 is 0.250 bits per heavy atom. The molecule has 0 bridgehead atoms. The van der Waals surface area contributed by atoms with E-state index < -0.39 is 0 Å². The SMILES string of the molecule is C1CCCC1.C1CCCC1.C1CCCC1.[Tm+3]. The number of hydrogen-bond acceptors (Lipinski definition) is 0. The minimum Gasteiger partial charge on any atom is -0.0533 e. The predicted molar refractivity (Wildman–Crippen MR) is 69.3 cm³/mol. The zero-order chi connectivity index (χ0) is 10.6. The summed E-state index contributed by atoms with van der Waals surface area (Å²) < 4.78 is 0. The van der Waals surface area contributed by atoms with E-state index in [0.717, 1.165) is 0 Å². The second kappa shape index (κ2) is 14.3. The Morgan fingerprint density at radius 1 is 0.188 bits per heavy atom. The van der Waals surface area contributed by atoms with Gasteiger partial charge in [0.25, 0.3) is 0 Å². The summed E-state index contributed by atoms with van der Waals surface area (Å²) in [6.45, 7) is 0. The Labute approximate surface area is 132 Å². The maximum absolute atomic E-state index is 1.50. The molecule has 3 aliphatic rings. The Balaban J connectivity index is 0.000000205. The first-order valence-corrected chi connectivity index (χ1v) is 7.50. The molecule has 0 aromatic heterocycles. The van der Waals surface area contributed by atoms with E-state index in [2.05, 4.69) is 0 Å². The van der Waals surface area contributed by atoms with Crippen LogP contribution >= 0.6 is 0 Å². The molecule has 0 heterocycles. The summed E-state index contributed by atoms with van der Waals surface area (Å²) in [6, 6.07) is 0. The van der Waals surface area contributed by atoms with Crippen molar-refractivity contribution in [2.75, 3.05) is 0 Å². The van der Waals surface area contributed by atoms with Crippen LogP contribution in [0, 0.1) is 36.9 Å². The number of hydrogen-bond donors (Lipinski definition) is 0. The molecule has 16 heavy (non-hydrogen) atoms. The third-order valence-electron chi connectivity index (χ3n) is 3.75. The number of rotatable bonds is 0. The van der Waals surface area contributed by atoms with Gasteiger partial charge in [0.1, 0.15) is 0 Å². The van der Waals surface area contributed by atoms with Crippen LogP contribution in [0.5, 0.6) is 0 Å². The maximum Gasteiger partial charge on any atom is 3.00 e. The van der Waals surface area contributed by atoms with Crippen molar-refractivity contribution >= 4 is 0 Å². The van der Waals surface area contributed by atoms with Gasteiger partial charge in [-0.05, 0) is 0 Å². The van der Waals surface area contributed by atoms with Crippen LogP contribution in [0.3, 0.4) is 0 Å². The van der Waals surface area contributed by atoms with E-state index in [0.29, 0.717) is 0 Å². The van der Waals surface area contributed by atoms with Crippen LogP contribution < -0.4 is 0 Å². The monoisotopic (exact) mass is 379 g/mol. The van der Waals surface area contributed by atoms with E-state index in [9.17, 15) is 0 Å². The van der Waals surface area contributed by atoms with Crippen LogP contribution in [0.1, 0.15) is 96.3 Å². The van der Waals surface area contributed by atoms with Gasteiger partial charge < -0.3 is 0 Å². The molecule has 3 rings (SSSR count). The molecule has 0 atom stereocenters. The molecule has 3 aliphatic carbocycles. The molecule has 0 unspecified atom stereocenters. The van der Waals surface area contributed by atoms with Gasteiger partial charge >= 0.3 is 36.9 Å². The first kappa shape index (κ1) is 17.2. The maximum atomic E-state index is 1.50. The summed E-state index contributed by atoms with van der Waals surface area (Å²) in [5, 5.41) is 0. The average Bonchev–Trinajstić information content (AvgIpc) is 3.09. The van der Waals surface area contributed by atoms with Crippen LogP contribution in [0.4, 0.5) is 0 Å². The summed E-state index contributed by atoms with van der Waals surface area (Å²) in [4.78, 5) is 0. The third-order valence-corrected chi connectivity index (χ3v) is 3.75. The average molecular weight is 379 g/mol. The molecule has 0 amide bonds. The molecule has 1 heteroatoms. The van der Waals surface area contributed by atoms with Gasteiger partial charge in [-0.3, -0.25) is 0 Å². The molecule has 0 aromatic rings. The quantitative estimate of drug-likeness (QED) is 0.495. The summed E-state index contributed by atoms with van der Waals surface area (Å²) >= 11 is 0. The first-order valence-electron chi connectivity index (χ1n) is 7.50. The van der Waals surface area contributed by atoms with Crippen molar-refractivity contribution in [1.29, 1.82) is 0 Å². The van der Waals surface area contributed by atoms with E-state index in [4.69, 9.17) is 0 Å². The largest absolute Gasteiger partial charge is 3.00 e. The normalized spacial score (nSPS) is 22.5. The Bertz CT molecular complexity index is 64.0. The van der Waals surface area contributed by atoms with Crippen LogP contribution in [0.2, 0.25) is 0 Å². The summed E-state index contributed by atoms with van der Waals surface area (Å²) in [7, 11) is 0. The van der Waals surface area contributed by atoms with E-state index in [-0.39, 0.29) is 36.9 Å². The topological polar surface area (TPSA) is 0 Å². The first-order chi connectivity index (χ1) is 7.50. The zero-order valence-electron chi connectivity index (χ0n) is 10.9. The molecule has 0 radical (unpaired) electrons. The van der Waals surface area contributed by atoms with Gasteiger partial charge in [0.05, 0.1) is 0 Å². The molecule has 0 aliphatic heterocycles. The van der Waals surface area contributed by atoms with Gasteiger partial charge in [-0.2, -0.15) is 0 Å². The Kier molecular flexibility index (Phi) is 15.4. The van der Waals surface area contributed by atoms with Crippen molar-refractivity contribution < 1.29 is 36.9 Å².